The van der Waals surface area contributed by atoms with Gasteiger partial charge in [-0.3, -0.25) is 0 Å². The number of benzene rings is 1. The van der Waals surface area contributed by atoms with Gasteiger partial charge in [0.05, 0.1) is 7.11 Å². The van der Waals surface area contributed by atoms with Crippen LogP contribution in [-0.2, 0) is 5.54 Å². The zero-order chi connectivity index (χ0) is 11.6. The highest BCUT2D eigenvalue weighted by Gasteiger charge is 2.36. The maximum atomic E-state index is 6.09. The van der Waals surface area contributed by atoms with Crippen LogP contribution in [0.15, 0.2) is 18.2 Å². The zero-order valence-corrected chi connectivity index (χ0v) is 10.6. The molecule has 3 heteroatoms. The van der Waals surface area contributed by atoms with Crippen LogP contribution in [0.4, 0.5) is 0 Å². The van der Waals surface area contributed by atoms with E-state index in [0.29, 0.717) is 0 Å². The number of rotatable bonds is 3. The van der Waals surface area contributed by atoms with E-state index >= 15 is 0 Å². The fourth-order valence-electron chi connectivity index (χ4n) is 2.69. The first kappa shape index (κ1) is 11.7. The fourth-order valence-corrected chi connectivity index (χ4v) is 2.86. The van der Waals surface area contributed by atoms with Gasteiger partial charge in [-0.2, -0.15) is 0 Å². The highest BCUT2D eigenvalue weighted by Crippen LogP contribution is 2.43. The van der Waals surface area contributed by atoms with E-state index in [1.165, 1.54) is 18.4 Å². The molecule has 1 aliphatic rings. The van der Waals surface area contributed by atoms with Crippen LogP contribution < -0.4 is 10.1 Å². The van der Waals surface area contributed by atoms with Crippen LogP contribution in [-0.4, -0.2) is 14.2 Å². The van der Waals surface area contributed by atoms with Crippen LogP contribution in [0.3, 0.4) is 0 Å². The molecule has 0 saturated heterocycles. The van der Waals surface area contributed by atoms with Crippen molar-refractivity contribution in [1.29, 1.82) is 0 Å². The Labute approximate surface area is 102 Å². The molecule has 1 aliphatic carbocycles. The molecule has 1 aromatic rings. The van der Waals surface area contributed by atoms with Gasteiger partial charge in [-0.05, 0) is 38.1 Å². The Bertz CT molecular complexity index is 372. The van der Waals surface area contributed by atoms with E-state index in [1.807, 2.05) is 25.2 Å². The van der Waals surface area contributed by atoms with Crippen LogP contribution in [0, 0.1) is 0 Å². The lowest BCUT2D eigenvalue weighted by molar-refractivity contribution is 0.340. The van der Waals surface area contributed by atoms with Crippen LogP contribution in [0.2, 0.25) is 5.02 Å². The van der Waals surface area contributed by atoms with Crippen molar-refractivity contribution in [3.63, 3.8) is 0 Å². The van der Waals surface area contributed by atoms with Gasteiger partial charge < -0.3 is 10.1 Å². The molecule has 2 rings (SSSR count). The van der Waals surface area contributed by atoms with E-state index in [4.69, 9.17) is 16.3 Å². The van der Waals surface area contributed by atoms with E-state index < -0.39 is 0 Å². The minimum atomic E-state index is 0.0518. The number of hydrogen-bond donors (Lipinski definition) is 1. The van der Waals surface area contributed by atoms with Crippen molar-refractivity contribution in [3.05, 3.63) is 28.8 Å². The standard InChI is InChI=1S/C13H18ClNO/c1-15-13(7-3-4-8-13)11-9-10(14)5-6-12(11)16-2/h5-6,9,15H,3-4,7-8H2,1-2H3. The third-order valence-corrected chi connectivity index (χ3v) is 3.85. The second-order valence-corrected chi connectivity index (χ2v) is 4.82. The molecule has 0 bridgehead atoms. The second kappa shape index (κ2) is 4.64. The van der Waals surface area contributed by atoms with Crippen molar-refractivity contribution in [2.45, 2.75) is 31.2 Å². The van der Waals surface area contributed by atoms with Gasteiger partial charge in [0.2, 0.25) is 0 Å². The fraction of sp³-hybridized carbons (Fsp3) is 0.538. The normalized spacial score (nSPS) is 18.7. The summed E-state index contributed by atoms with van der Waals surface area (Å²) in [5.41, 5.74) is 1.25. The van der Waals surface area contributed by atoms with E-state index in [2.05, 4.69) is 5.32 Å². The molecule has 0 radical (unpaired) electrons. The van der Waals surface area contributed by atoms with E-state index in [1.54, 1.807) is 7.11 Å². The second-order valence-electron chi connectivity index (χ2n) is 4.38. The van der Waals surface area contributed by atoms with E-state index in [0.717, 1.165) is 23.6 Å². The minimum Gasteiger partial charge on any atom is -0.496 e. The van der Waals surface area contributed by atoms with Gasteiger partial charge in [0.25, 0.3) is 0 Å². The van der Waals surface area contributed by atoms with Crippen LogP contribution in [0.25, 0.3) is 0 Å². The summed E-state index contributed by atoms with van der Waals surface area (Å²) in [5, 5.41) is 4.23. The van der Waals surface area contributed by atoms with Gasteiger partial charge in [-0.25, -0.2) is 0 Å². The third-order valence-electron chi connectivity index (χ3n) is 3.61. The Morgan fingerprint density at radius 1 is 1.31 bits per heavy atom. The lowest BCUT2D eigenvalue weighted by atomic mass is 9.87. The smallest absolute Gasteiger partial charge is 0.124 e. The molecule has 0 atom stereocenters. The number of methoxy groups -OCH3 is 1. The Morgan fingerprint density at radius 3 is 2.56 bits per heavy atom. The predicted molar refractivity (Wildman–Crippen MR) is 67.2 cm³/mol. The first-order valence-corrected chi connectivity index (χ1v) is 6.12. The summed E-state index contributed by atoms with van der Waals surface area (Å²) in [7, 11) is 3.73. The lowest BCUT2D eigenvalue weighted by Crippen LogP contribution is -2.37. The molecule has 0 aliphatic heterocycles. The van der Waals surface area contributed by atoms with Gasteiger partial charge >= 0.3 is 0 Å². The average molecular weight is 240 g/mol. The summed E-state index contributed by atoms with van der Waals surface area (Å²) < 4.78 is 5.44. The van der Waals surface area contributed by atoms with Gasteiger partial charge in [-0.15, -0.1) is 0 Å². The molecule has 1 aromatic carbocycles. The van der Waals surface area contributed by atoms with Crippen molar-refractivity contribution in [2.24, 2.45) is 0 Å². The molecule has 1 N–H and O–H groups in total. The molecule has 2 nitrogen and oxygen atoms in total. The van der Waals surface area contributed by atoms with Crippen molar-refractivity contribution in [2.75, 3.05) is 14.2 Å². The summed E-state index contributed by atoms with van der Waals surface area (Å²) in [6, 6.07) is 5.86. The Morgan fingerprint density at radius 2 is 2.00 bits per heavy atom. The molecule has 0 amide bonds. The molecule has 88 valence electrons. The summed E-state index contributed by atoms with van der Waals surface area (Å²) >= 11 is 6.09. The van der Waals surface area contributed by atoms with Gasteiger partial charge in [0.15, 0.2) is 0 Å². The van der Waals surface area contributed by atoms with E-state index in [-0.39, 0.29) is 5.54 Å². The molecular formula is C13H18ClNO. The van der Waals surface area contributed by atoms with Gasteiger partial charge in [-0.1, -0.05) is 24.4 Å². The maximum Gasteiger partial charge on any atom is 0.124 e. The predicted octanol–water partition coefficient (Wildman–Crippen LogP) is 3.34. The monoisotopic (exact) mass is 239 g/mol. The minimum absolute atomic E-state index is 0.0518. The highest BCUT2D eigenvalue weighted by atomic mass is 35.5. The van der Waals surface area contributed by atoms with E-state index in [9.17, 15) is 0 Å². The van der Waals surface area contributed by atoms with Gasteiger partial charge in [0, 0.05) is 16.1 Å². The first-order chi connectivity index (χ1) is 7.72. The Kier molecular flexibility index (Phi) is 3.41. The highest BCUT2D eigenvalue weighted by molar-refractivity contribution is 6.30. The molecular weight excluding hydrogens is 222 g/mol. The molecule has 1 saturated carbocycles. The summed E-state index contributed by atoms with van der Waals surface area (Å²) in [6.07, 6.45) is 4.83. The molecule has 16 heavy (non-hydrogen) atoms. The molecule has 0 unspecified atom stereocenters. The number of nitrogens with one attached hydrogen (secondary N) is 1. The first-order valence-electron chi connectivity index (χ1n) is 5.75. The molecule has 0 heterocycles. The Hall–Kier alpha value is -0.730. The quantitative estimate of drug-likeness (QED) is 0.874. The largest absolute Gasteiger partial charge is 0.496 e. The van der Waals surface area contributed by atoms with Gasteiger partial charge in [0.1, 0.15) is 5.75 Å². The SMILES string of the molecule is CNC1(c2cc(Cl)ccc2OC)CCCC1. The summed E-state index contributed by atoms with van der Waals surface area (Å²) in [4.78, 5) is 0. The van der Waals surface area contributed by atoms with Crippen molar-refractivity contribution >= 4 is 11.6 Å². The van der Waals surface area contributed by atoms with Crippen molar-refractivity contribution < 1.29 is 4.74 Å². The number of hydrogen-bond acceptors (Lipinski definition) is 2. The lowest BCUT2D eigenvalue weighted by Gasteiger charge is -2.30. The molecule has 0 aromatic heterocycles. The summed E-state index contributed by atoms with van der Waals surface area (Å²) in [6.45, 7) is 0. The third kappa shape index (κ3) is 1.92. The number of halogens is 1. The van der Waals surface area contributed by atoms with Crippen LogP contribution in [0.5, 0.6) is 5.75 Å². The maximum absolute atomic E-state index is 6.09. The van der Waals surface area contributed by atoms with Crippen LogP contribution in [0.1, 0.15) is 31.2 Å². The zero-order valence-electron chi connectivity index (χ0n) is 9.85. The Balaban J connectivity index is 2.47. The molecule has 1 fully saturated rings. The number of ether oxygens (including phenoxy) is 1. The summed E-state index contributed by atoms with van der Waals surface area (Å²) in [5.74, 6) is 0.931. The van der Waals surface area contributed by atoms with Crippen molar-refractivity contribution in [3.8, 4) is 5.75 Å². The van der Waals surface area contributed by atoms with Crippen LogP contribution >= 0.6 is 11.6 Å². The molecule has 0 spiro atoms. The van der Waals surface area contributed by atoms with Crippen molar-refractivity contribution in [1.82, 2.24) is 5.32 Å². The topological polar surface area (TPSA) is 21.3 Å². The average Bonchev–Trinajstić information content (AvgIpc) is 2.78.